The van der Waals surface area contributed by atoms with Gasteiger partial charge in [0.25, 0.3) is 0 Å². The van der Waals surface area contributed by atoms with Gasteiger partial charge in [0.05, 0.1) is 40.1 Å². The third kappa shape index (κ3) is 17.0. The Hall–Kier alpha value is -4.34. The predicted molar refractivity (Wildman–Crippen MR) is 202 cm³/mol. The quantitative estimate of drug-likeness (QED) is 0.0666. The van der Waals surface area contributed by atoms with E-state index < -0.39 is 80.5 Å². The van der Waals surface area contributed by atoms with Crippen molar-refractivity contribution in [3.63, 3.8) is 0 Å². The molecule has 0 radical (unpaired) electrons. The SMILES string of the molecule is COC(=O)C1O[C@@H](Oc2ccc(NC(=O)COCCOCCONC(=O)OC(C)(C)C)cc2CO[Si](C)(C)C(C)(C)C)C(OC(C)=O)C(OC(C)=O)[C@@H]1OC(C)=O. The molecule has 5 atom stereocenters. The Morgan fingerprint density at radius 3 is 1.95 bits per heavy atom. The van der Waals surface area contributed by atoms with Crippen molar-refractivity contribution < 1.29 is 80.7 Å². The normalized spacial score (nSPS) is 19.8. The molecule has 1 aromatic rings. The van der Waals surface area contributed by atoms with Crippen LogP contribution in [0.3, 0.4) is 0 Å². The van der Waals surface area contributed by atoms with E-state index in [0.717, 1.165) is 27.9 Å². The molecule has 20 heteroatoms. The Morgan fingerprint density at radius 1 is 0.789 bits per heavy atom. The van der Waals surface area contributed by atoms with Crippen molar-refractivity contribution in [1.82, 2.24) is 5.48 Å². The monoisotopic (exact) mass is 830 g/mol. The van der Waals surface area contributed by atoms with E-state index in [-0.39, 0.29) is 50.4 Å². The van der Waals surface area contributed by atoms with Crippen LogP contribution in [0.4, 0.5) is 10.5 Å². The number of rotatable bonds is 19. The van der Waals surface area contributed by atoms with E-state index in [1.807, 2.05) is 0 Å². The molecular weight excluding hydrogens is 772 g/mol. The molecule has 19 nitrogen and oxygen atoms in total. The first-order valence-electron chi connectivity index (χ1n) is 18.2. The van der Waals surface area contributed by atoms with Gasteiger partial charge in [0, 0.05) is 32.0 Å². The highest BCUT2D eigenvalue weighted by molar-refractivity contribution is 6.74. The van der Waals surface area contributed by atoms with Crippen LogP contribution in [0.1, 0.15) is 67.9 Å². The molecule has 1 heterocycles. The fourth-order valence-corrected chi connectivity index (χ4v) is 5.70. The molecule has 3 unspecified atom stereocenters. The van der Waals surface area contributed by atoms with Crippen molar-refractivity contribution >= 4 is 49.9 Å². The molecule has 0 saturated carbocycles. The lowest BCUT2D eigenvalue weighted by Crippen LogP contribution is -2.64. The van der Waals surface area contributed by atoms with E-state index >= 15 is 0 Å². The van der Waals surface area contributed by atoms with Crippen LogP contribution in [0, 0.1) is 0 Å². The number of carbonyl (C=O) groups is 6. The Labute approximate surface area is 334 Å². The number of carbonyl (C=O) groups excluding carboxylic acids is 6. The summed E-state index contributed by atoms with van der Waals surface area (Å²) in [5, 5.41) is 2.59. The molecule has 0 aliphatic carbocycles. The van der Waals surface area contributed by atoms with Gasteiger partial charge in [-0.05, 0) is 57.1 Å². The number of ether oxygens (including phenoxy) is 9. The lowest BCUT2D eigenvalue weighted by molar-refractivity contribution is -0.282. The van der Waals surface area contributed by atoms with E-state index in [1.54, 1.807) is 26.8 Å². The molecule has 1 aromatic carbocycles. The second-order valence-electron chi connectivity index (χ2n) is 15.3. The molecule has 57 heavy (non-hydrogen) atoms. The molecule has 1 aliphatic heterocycles. The molecule has 1 fully saturated rings. The molecule has 1 aliphatic rings. The second kappa shape index (κ2) is 22.0. The highest BCUT2D eigenvalue weighted by Crippen LogP contribution is 2.39. The van der Waals surface area contributed by atoms with Gasteiger partial charge in [0.2, 0.25) is 18.3 Å². The van der Waals surface area contributed by atoms with Gasteiger partial charge in [-0.3, -0.25) is 24.0 Å². The summed E-state index contributed by atoms with van der Waals surface area (Å²) in [5.41, 5.74) is 2.28. The zero-order valence-corrected chi connectivity index (χ0v) is 35.8. The largest absolute Gasteiger partial charge is 0.467 e. The van der Waals surface area contributed by atoms with Crippen LogP contribution in [-0.2, 0) is 77.7 Å². The van der Waals surface area contributed by atoms with Crippen LogP contribution in [0.5, 0.6) is 5.75 Å². The fourth-order valence-electron chi connectivity index (χ4n) is 4.75. The molecule has 2 N–H and O–H groups in total. The number of nitrogens with one attached hydrogen (secondary N) is 2. The van der Waals surface area contributed by atoms with Gasteiger partial charge in [0.15, 0.2) is 26.6 Å². The summed E-state index contributed by atoms with van der Waals surface area (Å²) in [5.74, 6) is -3.81. The van der Waals surface area contributed by atoms with Crippen molar-refractivity contribution in [2.75, 3.05) is 45.5 Å². The molecule has 322 valence electrons. The minimum Gasteiger partial charge on any atom is -0.467 e. The number of amides is 2. The minimum absolute atomic E-state index is 0.00914. The first-order valence-corrected chi connectivity index (χ1v) is 21.1. The Bertz CT molecular complexity index is 1540. The Balaban J connectivity index is 2.25. The molecular formula is C37H58N2O17Si. The van der Waals surface area contributed by atoms with E-state index in [4.69, 9.17) is 51.9 Å². The van der Waals surface area contributed by atoms with Crippen molar-refractivity contribution in [3.05, 3.63) is 23.8 Å². The maximum absolute atomic E-state index is 12.9. The predicted octanol–water partition coefficient (Wildman–Crippen LogP) is 3.71. The number of anilines is 1. The first kappa shape index (κ1) is 48.8. The molecule has 0 spiro atoms. The summed E-state index contributed by atoms with van der Waals surface area (Å²) in [6, 6.07) is 4.65. The summed E-state index contributed by atoms with van der Waals surface area (Å²) in [4.78, 5) is 79.0. The molecule has 0 aromatic heterocycles. The summed E-state index contributed by atoms with van der Waals surface area (Å²) < 4.78 is 55.7. The maximum Gasteiger partial charge on any atom is 0.431 e. The third-order valence-corrected chi connectivity index (χ3v) is 12.8. The Morgan fingerprint density at radius 2 is 1.37 bits per heavy atom. The van der Waals surface area contributed by atoms with Gasteiger partial charge >= 0.3 is 30.0 Å². The number of hydroxylamine groups is 1. The van der Waals surface area contributed by atoms with E-state index in [9.17, 15) is 28.8 Å². The van der Waals surface area contributed by atoms with Crippen molar-refractivity contribution in [1.29, 1.82) is 0 Å². The average Bonchev–Trinajstić information content (AvgIpc) is 3.07. The van der Waals surface area contributed by atoms with Gasteiger partial charge < -0.3 is 52.4 Å². The van der Waals surface area contributed by atoms with Gasteiger partial charge in [-0.1, -0.05) is 20.8 Å². The number of methoxy groups -OCH3 is 1. The van der Waals surface area contributed by atoms with E-state index in [2.05, 4.69) is 44.7 Å². The molecule has 0 bridgehead atoms. The highest BCUT2D eigenvalue weighted by atomic mass is 28.4. The van der Waals surface area contributed by atoms with Gasteiger partial charge in [0.1, 0.15) is 18.0 Å². The third-order valence-electron chi connectivity index (χ3n) is 8.31. The lowest BCUT2D eigenvalue weighted by Gasteiger charge is -2.43. The van der Waals surface area contributed by atoms with Crippen LogP contribution in [-0.4, -0.2) is 121 Å². The standard InChI is InChI=1S/C37H58N2O17Si/c1-22(40)51-29-30(52-23(2)41)32(53-24(3)42)34(55-31(29)33(44)46-10)54-27-14-13-26(19-25(27)20-50-57(11,12)37(7,8)9)38-28(43)21-48-16-15-47-17-18-49-39-35(45)56-36(4,5)6/h13-14,19,29-32,34H,15-18,20-21H2,1-12H3,(H,38,43)(H,39,45)/t29-,30?,31?,32?,34+/m0/s1. The van der Waals surface area contributed by atoms with Crippen molar-refractivity contribution in [2.45, 2.75) is 123 Å². The van der Waals surface area contributed by atoms with Crippen molar-refractivity contribution in [2.24, 2.45) is 0 Å². The topological polar surface area (TPSA) is 228 Å². The Kier molecular flexibility index (Phi) is 18.8. The molecule has 2 amide bonds. The lowest BCUT2D eigenvalue weighted by atomic mass is 9.97. The summed E-state index contributed by atoms with van der Waals surface area (Å²) in [7, 11) is -1.27. The van der Waals surface area contributed by atoms with Crippen LogP contribution >= 0.6 is 0 Å². The fraction of sp³-hybridized carbons (Fsp3) is 0.676. The highest BCUT2D eigenvalue weighted by Gasteiger charge is 2.56. The van der Waals surface area contributed by atoms with E-state index in [1.165, 1.54) is 12.1 Å². The average molecular weight is 831 g/mol. The summed E-state index contributed by atoms with van der Waals surface area (Å²) in [6.45, 7) is 18.9. The molecule has 2 rings (SSSR count). The number of hydrogen-bond donors (Lipinski definition) is 2. The molecule has 1 saturated heterocycles. The summed E-state index contributed by atoms with van der Waals surface area (Å²) in [6.07, 6.45) is -8.65. The van der Waals surface area contributed by atoms with Crippen LogP contribution < -0.4 is 15.5 Å². The second-order valence-corrected chi connectivity index (χ2v) is 20.1. The summed E-state index contributed by atoms with van der Waals surface area (Å²) >= 11 is 0. The van der Waals surface area contributed by atoms with E-state index in [0.29, 0.717) is 11.3 Å². The zero-order valence-electron chi connectivity index (χ0n) is 34.8. The van der Waals surface area contributed by atoms with Crippen LogP contribution in [0.15, 0.2) is 18.2 Å². The zero-order chi connectivity index (χ0) is 43.1. The van der Waals surface area contributed by atoms with Gasteiger partial charge in [-0.25, -0.2) is 9.59 Å². The maximum atomic E-state index is 12.9. The minimum atomic E-state index is -2.36. The number of hydrogen-bond acceptors (Lipinski definition) is 17. The van der Waals surface area contributed by atoms with Crippen LogP contribution in [0.2, 0.25) is 18.1 Å². The smallest absolute Gasteiger partial charge is 0.431 e. The first-order chi connectivity index (χ1) is 26.4. The van der Waals surface area contributed by atoms with Crippen LogP contribution in [0.25, 0.3) is 0 Å². The number of benzene rings is 1. The van der Waals surface area contributed by atoms with Crippen molar-refractivity contribution in [3.8, 4) is 5.75 Å². The number of esters is 4. The van der Waals surface area contributed by atoms with Gasteiger partial charge in [-0.2, -0.15) is 5.48 Å². The van der Waals surface area contributed by atoms with Gasteiger partial charge in [-0.15, -0.1) is 0 Å².